The first-order valence-corrected chi connectivity index (χ1v) is 9.92. The molecule has 1 amide bonds. The van der Waals surface area contributed by atoms with Crippen LogP contribution in [0.3, 0.4) is 0 Å². The fraction of sp³-hybridized carbons (Fsp3) is 0.591. The van der Waals surface area contributed by atoms with E-state index in [2.05, 4.69) is 12.2 Å². The van der Waals surface area contributed by atoms with Crippen molar-refractivity contribution in [1.82, 2.24) is 5.32 Å². The first-order chi connectivity index (χ1) is 12.9. The van der Waals surface area contributed by atoms with E-state index in [1.165, 1.54) is 0 Å². The highest BCUT2D eigenvalue weighted by atomic mass is 16.5. The molecule has 1 fully saturated rings. The Balaban J connectivity index is 1.90. The summed E-state index contributed by atoms with van der Waals surface area (Å²) in [5.41, 5.74) is 0.506. The maximum atomic E-state index is 12.6. The minimum atomic E-state index is -0.708. The maximum absolute atomic E-state index is 12.6. The van der Waals surface area contributed by atoms with Gasteiger partial charge >= 0.3 is 5.97 Å². The molecule has 1 aliphatic carbocycles. The summed E-state index contributed by atoms with van der Waals surface area (Å²) >= 11 is 0. The zero-order chi connectivity index (χ0) is 19.8. The van der Waals surface area contributed by atoms with Gasteiger partial charge in [-0.3, -0.25) is 9.59 Å². The molecule has 2 rings (SSSR count). The molecule has 5 heteroatoms. The molecule has 1 atom stereocenters. The highest BCUT2D eigenvalue weighted by Gasteiger charge is 2.29. The van der Waals surface area contributed by atoms with Crippen LogP contribution in [0.25, 0.3) is 0 Å². The summed E-state index contributed by atoms with van der Waals surface area (Å²) in [7, 11) is 0. The van der Waals surface area contributed by atoms with E-state index >= 15 is 0 Å². The van der Waals surface area contributed by atoms with Gasteiger partial charge in [-0.1, -0.05) is 51.1 Å². The summed E-state index contributed by atoms with van der Waals surface area (Å²) in [5.74, 6) is -0.00706. The third-order valence-corrected chi connectivity index (χ3v) is 5.14. The van der Waals surface area contributed by atoms with Crippen molar-refractivity contribution in [3.63, 3.8) is 0 Å². The van der Waals surface area contributed by atoms with E-state index < -0.39 is 12.0 Å². The molecule has 1 saturated carbocycles. The molecule has 148 valence electrons. The van der Waals surface area contributed by atoms with Crippen molar-refractivity contribution in [1.29, 1.82) is 0 Å². The maximum Gasteiger partial charge on any atom is 0.329 e. The minimum absolute atomic E-state index is 0.0328. The van der Waals surface area contributed by atoms with Gasteiger partial charge in [-0.25, -0.2) is 4.79 Å². The van der Waals surface area contributed by atoms with E-state index in [0.717, 1.165) is 25.7 Å². The van der Waals surface area contributed by atoms with Crippen molar-refractivity contribution >= 4 is 17.7 Å². The van der Waals surface area contributed by atoms with Crippen LogP contribution >= 0.6 is 0 Å². The number of carbonyl (C=O) groups excluding carboxylic acids is 3. The standard InChI is InChI=1S/C22H31NO4/c1-15(2)13-19(23-21(25)18-11-9-16(3)10-12-18)22(26)27-14-20(24)17-7-5-4-6-8-17/h4-8,15-16,18-19H,9-14H2,1-3H3,(H,23,25)/t16?,18?,19-/m0/s1. The molecule has 1 aromatic rings. The molecule has 0 aliphatic heterocycles. The molecule has 1 N–H and O–H groups in total. The molecular formula is C22H31NO4. The fourth-order valence-electron chi connectivity index (χ4n) is 3.44. The summed E-state index contributed by atoms with van der Waals surface area (Å²) < 4.78 is 5.22. The second kappa shape index (κ2) is 10.2. The van der Waals surface area contributed by atoms with Crippen molar-refractivity contribution in [2.75, 3.05) is 6.61 Å². The zero-order valence-corrected chi connectivity index (χ0v) is 16.6. The van der Waals surface area contributed by atoms with Crippen molar-refractivity contribution in [2.45, 2.75) is 58.9 Å². The van der Waals surface area contributed by atoms with Crippen LogP contribution in [0.1, 0.15) is 63.2 Å². The number of ether oxygens (including phenoxy) is 1. The Hall–Kier alpha value is -2.17. The van der Waals surface area contributed by atoms with E-state index in [1.54, 1.807) is 24.3 Å². The Morgan fingerprint density at radius 2 is 1.70 bits per heavy atom. The van der Waals surface area contributed by atoms with Crippen LogP contribution in [0, 0.1) is 17.8 Å². The third-order valence-electron chi connectivity index (χ3n) is 5.14. The van der Waals surface area contributed by atoms with Crippen molar-refractivity contribution in [3.8, 4) is 0 Å². The van der Waals surface area contributed by atoms with E-state index in [1.807, 2.05) is 19.9 Å². The Labute approximate surface area is 161 Å². The highest BCUT2D eigenvalue weighted by molar-refractivity contribution is 5.98. The van der Waals surface area contributed by atoms with Gasteiger partial charge in [0.2, 0.25) is 5.91 Å². The van der Waals surface area contributed by atoms with Gasteiger partial charge in [-0.15, -0.1) is 0 Å². The Kier molecular flexibility index (Phi) is 8.01. The lowest BCUT2D eigenvalue weighted by atomic mass is 9.82. The van der Waals surface area contributed by atoms with Crippen molar-refractivity contribution < 1.29 is 19.1 Å². The number of esters is 1. The lowest BCUT2D eigenvalue weighted by Gasteiger charge is -2.27. The van der Waals surface area contributed by atoms with E-state index in [9.17, 15) is 14.4 Å². The van der Waals surface area contributed by atoms with E-state index in [0.29, 0.717) is 17.9 Å². The molecule has 0 radical (unpaired) electrons. The lowest BCUT2D eigenvalue weighted by molar-refractivity contribution is -0.148. The molecule has 5 nitrogen and oxygen atoms in total. The topological polar surface area (TPSA) is 72.5 Å². The normalized spacial score (nSPS) is 20.7. The smallest absolute Gasteiger partial charge is 0.329 e. The van der Waals surface area contributed by atoms with Gasteiger partial charge in [-0.2, -0.15) is 0 Å². The van der Waals surface area contributed by atoms with Crippen LogP contribution in [0.5, 0.6) is 0 Å². The van der Waals surface area contributed by atoms with Gasteiger partial charge in [0.15, 0.2) is 12.4 Å². The van der Waals surface area contributed by atoms with Gasteiger partial charge < -0.3 is 10.1 Å². The van der Waals surface area contributed by atoms with Crippen molar-refractivity contribution in [3.05, 3.63) is 35.9 Å². The monoisotopic (exact) mass is 373 g/mol. The van der Waals surface area contributed by atoms with Gasteiger partial charge in [0.1, 0.15) is 6.04 Å². The molecule has 0 saturated heterocycles. The molecule has 1 aromatic carbocycles. The number of nitrogens with one attached hydrogen (secondary N) is 1. The number of hydrogen-bond donors (Lipinski definition) is 1. The SMILES string of the molecule is CC(C)C[C@H](NC(=O)C1CCC(C)CC1)C(=O)OCC(=O)c1ccccc1. The predicted molar refractivity (Wildman–Crippen MR) is 104 cm³/mol. The predicted octanol–water partition coefficient (Wildman–Crippen LogP) is 3.77. The van der Waals surface area contributed by atoms with Gasteiger partial charge in [-0.05, 0) is 43.9 Å². The van der Waals surface area contributed by atoms with Gasteiger partial charge in [0.25, 0.3) is 0 Å². The third kappa shape index (κ3) is 6.81. The molecule has 0 aromatic heterocycles. The Morgan fingerprint density at radius 1 is 1.07 bits per heavy atom. The number of ketones is 1. The van der Waals surface area contributed by atoms with Crippen LogP contribution < -0.4 is 5.32 Å². The molecule has 0 heterocycles. The zero-order valence-electron chi connectivity index (χ0n) is 16.6. The number of Topliss-reactive ketones (excluding diaryl/α,β-unsaturated/α-hetero) is 1. The minimum Gasteiger partial charge on any atom is -0.456 e. The molecule has 1 aliphatic rings. The molecule has 0 bridgehead atoms. The van der Waals surface area contributed by atoms with Crippen LogP contribution in [0.4, 0.5) is 0 Å². The van der Waals surface area contributed by atoms with Crippen LogP contribution in [0.15, 0.2) is 30.3 Å². The Bertz CT molecular complexity index is 633. The molecule has 27 heavy (non-hydrogen) atoms. The summed E-state index contributed by atoms with van der Waals surface area (Å²) in [6.07, 6.45) is 4.31. The number of hydrogen-bond acceptors (Lipinski definition) is 4. The highest BCUT2D eigenvalue weighted by Crippen LogP contribution is 2.28. The number of benzene rings is 1. The van der Waals surface area contributed by atoms with Crippen molar-refractivity contribution in [2.24, 2.45) is 17.8 Å². The number of amides is 1. The average molecular weight is 373 g/mol. The van der Waals surface area contributed by atoms with Crippen LogP contribution in [0.2, 0.25) is 0 Å². The van der Waals surface area contributed by atoms with Gasteiger partial charge in [0.05, 0.1) is 0 Å². The first-order valence-electron chi connectivity index (χ1n) is 9.92. The fourth-order valence-corrected chi connectivity index (χ4v) is 3.44. The first kappa shape index (κ1) is 21.1. The number of rotatable bonds is 8. The quantitative estimate of drug-likeness (QED) is 0.556. The molecular weight excluding hydrogens is 342 g/mol. The van der Waals surface area contributed by atoms with Gasteiger partial charge in [0, 0.05) is 11.5 Å². The summed E-state index contributed by atoms with van der Waals surface area (Å²) in [6, 6.07) is 8.02. The molecule has 0 unspecified atom stereocenters. The van der Waals surface area contributed by atoms with Crippen LogP contribution in [-0.2, 0) is 14.3 Å². The van der Waals surface area contributed by atoms with E-state index in [4.69, 9.17) is 4.74 Å². The second-order valence-corrected chi connectivity index (χ2v) is 8.04. The number of carbonyl (C=O) groups is 3. The summed E-state index contributed by atoms with van der Waals surface area (Å²) in [5, 5.41) is 2.87. The van der Waals surface area contributed by atoms with Crippen LogP contribution in [-0.4, -0.2) is 30.3 Å². The van der Waals surface area contributed by atoms with E-state index in [-0.39, 0.29) is 30.1 Å². The second-order valence-electron chi connectivity index (χ2n) is 8.04. The lowest BCUT2D eigenvalue weighted by Crippen LogP contribution is -2.46. The summed E-state index contributed by atoms with van der Waals surface area (Å²) in [4.78, 5) is 37.2. The summed E-state index contributed by atoms with van der Waals surface area (Å²) in [6.45, 7) is 5.87. The largest absolute Gasteiger partial charge is 0.456 e. The Morgan fingerprint density at radius 3 is 2.30 bits per heavy atom. The molecule has 0 spiro atoms. The average Bonchev–Trinajstić information content (AvgIpc) is 2.66.